The topological polar surface area (TPSA) is 28.4 Å². The summed E-state index contributed by atoms with van der Waals surface area (Å²) in [7, 11) is 0. The molecule has 3 nitrogen and oxygen atoms in total. The van der Waals surface area contributed by atoms with Crippen molar-refractivity contribution in [2.45, 2.75) is 65.1 Å². The highest BCUT2D eigenvalue weighted by Gasteiger charge is 2.19. The van der Waals surface area contributed by atoms with Gasteiger partial charge in [0.15, 0.2) is 0 Å². The van der Waals surface area contributed by atoms with E-state index in [0.717, 1.165) is 31.0 Å². The fourth-order valence-electron chi connectivity index (χ4n) is 2.72. The summed E-state index contributed by atoms with van der Waals surface area (Å²) in [5.41, 5.74) is 0. The van der Waals surface area contributed by atoms with Crippen LogP contribution in [-0.2, 0) is 13.0 Å². The van der Waals surface area contributed by atoms with Crippen LogP contribution in [0.25, 0.3) is 0 Å². The van der Waals surface area contributed by atoms with Gasteiger partial charge < -0.3 is 9.73 Å². The van der Waals surface area contributed by atoms with Crippen LogP contribution in [0.3, 0.4) is 0 Å². The van der Waals surface area contributed by atoms with Gasteiger partial charge in [0, 0.05) is 25.0 Å². The van der Waals surface area contributed by atoms with E-state index in [4.69, 9.17) is 4.42 Å². The molecule has 0 bridgehead atoms. The van der Waals surface area contributed by atoms with Gasteiger partial charge in [-0.1, -0.05) is 13.3 Å². The Hall–Kier alpha value is -0.800. The molecule has 2 heterocycles. The first-order valence-electron chi connectivity index (χ1n) is 7.74. The van der Waals surface area contributed by atoms with Crippen LogP contribution in [0.4, 0.5) is 0 Å². The first-order chi connectivity index (χ1) is 9.19. The molecular weight excluding hydrogens is 236 g/mol. The van der Waals surface area contributed by atoms with Crippen molar-refractivity contribution in [3.05, 3.63) is 23.7 Å². The van der Waals surface area contributed by atoms with Crippen LogP contribution in [0, 0.1) is 0 Å². The van der Waals surface area contributed by atoms with E-state index in [-0.39, 0.29) is 0 Å². The number of hydrogen-bond acceptors (Lipinski definition) is 3. The van der Waals surface area contributed by atoms with Gasteiger partial charge in [-0.05, 0) is 45.4 Å². The Bertz CT molecular complexity index is 367. The van der Waals surface area contributed by atoms with Crippen molar-refractivity contribution in [2.24, 2.45) is 0 Å². The zero-order valence-corrected chi connectivity index (χ0v) is 12.6. The number of piperidine rings is 1. The second-order valence-corrected chi connectivity index (χ2v) is 5.89. The lowest BCUT2D eigenvalue weighted by molar-refractivity contribution is 0.164. The zero-order chi connectivity index (χ0) is 13.7. The van der Waals surface area contributed by atoms with Crippen LogP contribution in [0.1, 0.15) is 51.6 Å². The highest BCUT2D eigenvalue weighted by atomic mass is 16.3. The van der Waals surface area contributed by atoms with Crippen molar-refractivity contribution in [2.75, 3.05) is 13.1 Å². The monoisotopic (exact) mass is 264 g/mol. The van der Waals surface area contributed by atoms with Gasteiger partial charge in [-0.2, -0.15) is 0 Å². The maximum Gasteiger partial charge on any atom is 0.118 e. The van der Waals surface area contributed by atoms with E-state index in [1.165, 1.54) is 25.8 Å². The van der Waals surface area contributed by atoms with Gasteiger partial charge in [0.1, 0.15) is 11.5 Å². The van der Waals surface area contributed by atoms with Gasteiger partial charge in [0.2, 0.25) is 0 Å². The lowest BCUT2D eigenvalue weighted by Crippen LogP contribution is -2.45. The van der Waals surface area contributed by atoms with E-state index in [9.17, 15) is 0 Å². The lowest BCUT2D eigenvalue weighted by Gasteiger charge is -2.32. The third-order valence-corrected chi connectivity index (χ3v) is 4.02. The molecule has 1 N–H and O–H groups in total. The van der Waals surface area contributed by atoms with Crippen LogP contribution in [-0.4, -0.2) is 30.1 Å². The van der Waals surface area contributed by atoms with Crippen molar-refractivity contribution >= 4 is 0 Å². The molecule has 0 aliphatic carbocycles. The molecule has 1 aromatic heterocycles. The first-order valence-corrected chi connectivity index (χ1v) is 7.74. The smallest absolute Gasteiger partial charge is 0.118 e. The zero-order valence-electron chi connectivity index (χ0n) is 12.6. The Morgan fingerprint density at radius 2 is 2.11 bits per heavy atom. The number of hydrogen-bond donors (Lipinski definition) is 1. The van der Waals surface area contributed by atoms with Gasteiger partial charge in [0.25, 0.3) is 0 Å². The fourth-order valence-corrected chi connectivity index (χ4v) is 2.72. The molecule has 19 heavy (non-hydrogen) atoms. The van der Waals surface area contributed by atoms with Crippen molar-refractivity contribution in [1.82, 2.24) is 10.2 Å². The fraction of sp³-hybridized carbons (Fsp3) is 0.750. The predicted molar refractivity (Wildman–Crippen MR) is 79.3 cm³/mol. The molecule has 108 valence electrons. The minimum atomic E-state index is 0.555. The molecule has 0 amide bonds. The standard InChI is InChI=1S/C16H28N2O/c1-4-15-8-9-16(19-15)12-18(13(2)3)11-14-7-5-6-10-17-14/h8-9,13-14,17H,4-7,10-12H2,1-3H3. The number of nitrogens with one attached hydrogen (secondary N) is 1. The highest BCUT2D eigenvalue weighted by molar-refractivity contribution is 5.07. The first kappa shape index (κ1) is 14.6. The molecule has 1 saturated heterocycles. The summed E-state index contributed by atoms with van der Waals surface area (Å²) in [6.07, 6.45) is 4.98. The summed E-state index contributed by atoms with van der Waals surface area (Å²) in [5, 5.41) is 3.63. The molecule has 1 aliphatic rings. The van der Waals surface area contributed by atoms with Gasteiger partial charge in [0.05, 0.1) is 6.54 Å². The van der Waals surface area contributed by atoms with E-state index >= 15 is 0 Å². The van der Waals surface area contributed by atoms with Gasteiger partial charge >= 0.3 is 0 Å². The Labute approximate surface area is 117 Å². The van der Waals surface area contributed by atoms with Crippen molar-refractivity contribution in [3.63, 3.8) is 0 Å². The Morgan fingerprint density at radius 1 is 1.32 bits per heavy atom. The molecule has 0 saturated carbocycles. The Morgan fingerprint density at radius 3 is 2.68 bits per heavy atom. The van der Waals surface area contributed by atoms with E-state index in [1.807, 2.05) is 0 Å². The van der Waals surface area contributed by atoms with E-state index in [1.54, 1.807) is 0 Å². The maximum absolute atomic E-state index is 5.84. The molecule has 2 rings (SSSR count). The van der Waals surface area contributed by atoms with Crippen LogP contribution >= 0.6 is 0 Å². The summed E-state index contributed by atoms with van der Waals surface area (Å²) in [4.78, 5) is 2.52. The van der Waals surface area contributed by atoms with E-state index in [2.05, 4.69) is 43.1 Å². The second-order valence-electron chi connectivity index (χ2n) is 5.89. The summed E-state index contributed by atoms with van der Waals surface area (Å²) in [6.45, 7) is 9.90. The van der Waals surface area contributed by atoms with Gasteiger partial charge in [-0.15, -0.1) is 0 Å². The molecule has 1 aromatic rings. The average Bonchev–Trinajstić information content (AvgIpc) is 2.87. The van der Waals surface area contributed by atoms with E-state index in [0.29, 0.717) is 12.1 Å². The molecule has 1 atom stereocenters. The quantitative estimate of drug-likeness (QED) is 0.855. The molecule has 0 spiro atoms. The van der Waals surface area contributed by atoms with Gasteiger partial charge in [-0.25, -0.2) is 0 Å². The maximum atomic E-state index is 5.84. The molecule has 0 radical (unpaired) electrons. The number of furan rings is 1. The molecule has 1 fully saturated rings. The van der Waals surface area contributed by atoms with Crippen LogP contribution in [0.5, 0.6) is 0 Å². The minimum absolute atomic E-state index is 0.555. The SMILES string of the molecule is CCc1ccc(CN(CC2CCCCN2)C(C)C)o1. The summed E-state index contributed by atoms with van der Waals surface area (Å²) < 4.78 is 5.84. The third kappa shape index (κ3) is 4.36. The minimum Gasteiger partial charge on any atom is -0.465 e. The molecular formula is C16H28N2O. The third-order valence-electron chi connectivity index (χ3n) is 4.02. The highest BCUT2D eigenvalue weighted by Crippen LogP contribution is 2.15. The Balaban J connectivity index is 1.91. The van der Waals surface area contributed by atoms with Gasteiger partial charge in [-0.3, -0.25) is 4.90 Å². The van der Waals surface area contributed by atoms with Crippen molar-refractivity contribution in [3.8, 4) is 0 Å². The lowest BCUT2D eigenvalue weighted by atomic mass is 10.0. The number of rotatable bonds is 6. The largest absolute Gasteiger partial charge is 0.465 e. The molecule has 3 heteroatoms. The van der Waals surface area contributed by atoms with Crippen LogP contribution in [0.15, 0.2) is 16.5 Å². The summed E-state index contributed by atoms with van der Waals surface area (Å²) in [5.74, 6) is 2.19. The Kier molecular flexibility index (Phi) is 5.46. The second kappa shape index (κ2) is 7.11. The van der Waals surface area contributed by atoms with Crippen molar-refractivity contribution in [1.29, 1.82) is 0 Å². The van der Waals surface area contributed by atoms with Crippen LogP contribution < -0.4 is 5.32 Å². The van der Waals surface area contributed by atoms with E-state index < -0.39 is 0 Å². The average molecular weight is 264 g/mol. The van der Waals surface area contributed by atoms with Crippen LogP contribution in [0.2, 0.25) is 0 Å². The van der Waals surface area contributed by atoms with Crippen molar-refractivity contribution < 1.29 is 4.42 Å². The molecule has 1 aliphatic heterocycles. The number of aryl methyl sites for hydroxylation is 1. The summed E-state index contributed by atoms with van der Waals surface area (Å²) in [6, 6.07) is 5.44. The summed E-state index contributed by atoms with van der Waals surface area (Å²) >= 11 is 0. The molecule has 1 unspecified atom stereocenters. The molecule has 0 aromatic carbocycles. The normalized spacial score (nSPS) is 20.4. The number of nitrogens with zero attached hydrogens (tertiary/aromatic N) is 1. The predicted octanol–water partition coefficient (Wildman–Crippen LogP) is 3.19.